The number of imidazole rings is 2. The van der Waals surface area contributed by atoms with E-state index in [1.54, 1.807) is 13.4 Å². The van der Waals surface area contributed by atoms with E-state index in [1.165, 1.54) is 0 Å². The molecule has 0 atom stereocenters. The third-order valence-electron chi connectivity index (χ3n) is 6.74. The highest BCUT2D eigenvalue weighted by atomic mass is 35.5. The maximum absolute atomic E-state index is 9.73. The number of aromatic nitrogens is 6. The van der Waals surface area contributed by atoms with E-state index >= 15 is 0 Å². The number of nitrogens with one attached hydrogen (secondary N) is 1. The third-order valence-corrected chi connectivity index (χ3v) is 6.74. The maximum atomic E-state index is 9.73. The number of methoxy groups -OCH3 is 1. The zero-order valence-corrected chi connectivity index (χ0v) is 20.2. The molecule has 0 aliphatic carbocycles. The van der Waals surface area contributed by atoms with E-state index in [9.17, 15) is 10.2 Å². The summed E-state index contributed by atoms with van der Waals surface area (Å²) in [5.74, 6) is 1.51. The number of halogens is 1. The molecule has 0 bridgehead atoms. The number of fused-ring (bicyclic) bond motifs is 2. The number of benzene rings is 1. The van der Waals surface area contributed by atoms with Crippen molar-refractivity contribution in [1.29, 1.82) is 0 Å². The predicted molar refractivity (Wildman–Crippen MR) is 132 cm³/mol. The Hall–Kier alpha value is -2.79. The number of rotatable bonds is 7. The van der Waals surface area contributed by atoms with Crippen LogP contribution >= 0.6 is 12.4 Å². The highest BCUT2D eigenvalue weighted by molar-refractivity contribution is 5.91. The van der Waals surface area contributed by atoms with Gasteiger partial charge in [-0.1, -0.05) is 6.07 Å². The molecule has 11 heteroatoms. The molecule has 4 aromatic rings. The van der Waals surface area contributed by atoms with Crippen molar-refractivity contribution in [3.8, 4) is 11.3 Å². The first kappa shape index (κ1) is 24.3. The second kappa shape index (κ2) is 9.83. The SMILES string of the molecule is CCn1c(COC)nc2cc(-c3nc(N4CCC(CO)(CO)CC4)nc4[nH]cnc34)ccc21.Cl. The lowest BCUT2D eigenvalue weighted by Gasteiger charge is -2.39. The van der Waals surface area contributed by atoms with E-state index in [4.69, 9.17) is 19.7 Å². The normalized spacial score (nSPS) is 15.7. The molecule has 182 valence electrons. The average molecular weight is 488 g/mol. The molecule has 1 aliphatic rings. The summed E-state index contributed by atoms with van der Waals surface area (Å²) in [5.41, 5.74) is 4.57. The van der Waals surface area contributed by atoms with Crippen LogP contribution in [0.25, 0.3) is 33.5 Å². The van der Waals surface area contributed by atoms with Crippen LogP contribution in [0, 0.1) is 5.41 Å². The highest BCUT2D eigenvalue weighted by Crippen LogP contribution is 2.34. The van der Waals surface area contributed by atoms with Crippen molar-refractivity contribution < 1.29 is 14.9 Å². The number of anilines is 1. The van der Waals surface area contributed by atoms with Gasteiger partial charge < -0.3 is 29.4 Å². The molecule has 34 heavy (non-hydrogen) atoms. The minimum absolute atomic E-state index is 0. The molecule has 0 spiro atoms. The van der Waals surface area contributed by atoms with Gasteiger partial charge in [-0.3, -0.25) is 0 Å². The smallest absolute Gasteiger partial charge is 0.228 e. The van der Waals surface area contributed by atoms with Gasteiger partial charge in [0.1, 0.15) is 23.6 Å². The number of aryl methyl sites for hydroxylation is 1. The zero-order chi connectivity index (χ0) is 23.0. The Kier molecular flexibility index (Phi) is 7.04. The monoisotopic (exact) mass is 487 g/mol. The quantitative estimate of drug-likeness (QED) is 0.363. The summed E-state index contributed by atoms with van der Waals surface area (Å²) in [6.07, 6.45) is 3.00. The lowest BCUT2D eigenvalue weighted by atomic mass is 9.80. The van der Waals surface area contributed by atoms with E-state index in [2.05, 4.69) is 32.4 Å². The molecule has 3 N–H and O–H groups in total. The summed E-state index contributed by atoms with van der Waals surface area (Å²) in [5, 5.41) is 19.5. The molecule has 0 radical (unpaired) electrons. The van der Waals surface area contributed by atoms with E-state index in [0.29, 0.717) is 49.7 Å². The Labute approximate surface area is 203 Å². The van der Waals surface area contributed by atoms with Crippen molar-refractivity contribution >= 4 is 40.6 Å². The molecule has 0 saturated carbocycles. The number of piperidine rings is 1. The fourth-order valence-corrected chi connectivity index (χ4v) is 4.63. The first-order valence-electron chi connectivity index (χ1n) is 11.3. The first-order valence-corrected chi connectivity index (χ1v) is 11.3. The van der Waals surface area contributed by atoms with Crippen LogP contribution in [0.2, 0.25) is 0 Å². The average Bonchev–Trinajstić information content (AvgIpc) is 3.47. The van der Waals surface area contributed by atoms with Gasteiger partial charge in [0, 0.05) is 37.7 Å². The lowest BCUT2D eigenvalue weighted by molar-refractivity contribution is 0.0338. The number of aromatic amines is 1. The Morgan fingerprint density at radius 2 is 1.88 bits per heavy atom. The van der Waals surface area contributed by atoms with Crippen molar-refractivity contribution in [3.63, 3.8) is 0 Å². The van der Waals surface area contributed by atoms with Crippen molar-refractivity contribution in [2.45, 2.75) is 32.9 Å². The Bertz CT molecular complexity index is 1270. The van der Waals surface area contributed by atoms with E-state index in [1.807, 2.05) is 12.1 Å². The fraction of sp³-hybridized carbons (Fsp3) is 0.478. The van der Waals surface area contributed by atoms with Crippen molar-refractivity contribution in [2.75, 3.05) is 38.3 Å². The molecule has 10 nitrogen and oxygen atoms in total. The van der Waals surface area contributed by atoms with Crippen LogP contribution in [0.4, 0.5) is 5.95 Å². The number of ether oxygens (including phenoxy) is 1. The van der Waals surface area contributed by atoms with Crippen LogP contribution < -0.4 is 4.90 Å². The summed E-state index contributed by atoms with van der Waals surface area (Å²) in [4.78, 5) is 24.1. The largest absolute Gasteiger partial charge is 0.396 e. The summed E-state index contributed by atoms with van der Waals surface area (Å²) >= 11 is 0. The van der Waals surface area contributed by atoms with Crippen LogP contribution in [0.15, 0.2) is 24.5 Å². The van der Waals surface area contributed by atoms with Gasteiger partial charge in [0.2, 0.25) is 5.95 Å². The second-order valence-electron chi connectivity index (χ2n) is 8.68. The van der Waals surface area contributed by atoms with Gasteiger partial charge in [0.05, 0.1) is 30.6 Å². The standard InChI is InChI=1S/C23H29N7O3.ClH/c1-3-30-17-5-4-15(10-16(17)26-18(30)11-33-2)19-20-21(25-14-24-20)28-22(27-19)29-8-6-23(12-31,13-32)7-9-29;/h4-5,10,14,31-32H,3,6-9,11-13H2,1-2H3,(H,24,25,27,28);1H. The molecule has 0 unspecified atom stereocenters. The first-order chi connectivity index (χ1) is 16.1. The van der Waals surface area contributed by atoms with Crippen LogP contribution in [-0.2, 0) is 17.9 Å². The highest BCUT2D eigenvalue weighted by Gasteiger charge is 2.34. The molecular formula is C23H30ClN7O3. The molecule has 1 aromatic carbocycles. The number of aliphatic hydroxyl groups is 2. The molecule has 3 aromatic heterocycles. The Morgan fingerprint density at radius 1 is 1.12 bits per heavy atom. The predicted octanol–water partition coefficient (Wildman–Crippen LogP) is 2.53. The van der Waals surface area contributed by atoms with E-state index < -0.39 is 5.41 Å². The summed E-state index contributed by atoms with van der Waals surface area (Å²) in [7, 11) is 1.67. The van der Waals surface area contributed by atoms with Crippen molar-refractivity contribution in [2.24, 2.45) is 5.41 Å². The molecule has 1 fully saturated rings. The van der Waals surface area contributed by atoms with Gasteiger partial charge in [-0.25, -0.2) is 15.0 Å². The molecular weight excluding hydrogens is 458 g/mol. The Balaban J connectivity index is 0.00000274. The number of hydrogen-bond acceptors (Lipinski definition) is 8. The van der Waals surface area contributed by atoms with Gasteiger partial charge in [-0.15, -0.1) is 12.4 Å². The summed E-state index contributed by atoms with van der Waals surface area (Å²) in [6, 6.07) is 6.16. The van der Waals surface area contributed by atoms with Gasteiger partial charge in [0.25, 0.3) is 0 Å². The maximum Gasteiger partial charge on any atom is 0.228 e. The minimum Gasteiger partial charge on any atom is -0.396 e. The molecule has 5 rings (SSSR count). The Morgan fingerprint density at radius 3 is 2.56 bits per heavy atom. The van der Waals surface area contributed by atoms with Gasteiger partial charge in [-0.05, 0) is 31.9 Å². The fourth-order valence-electron chi connectivity index (χ4n) is 4.63. The van der Waals surface area contributed by atoms with E-state index in [-0.39, 0.29) is 25.6 Å². The van der Waals surface area contributed by atoms with E-state index in [0.717, 1.165) is 34.7 Å². The number of hydrogen-bond donors (Lipinski definition) is 3. The summed E-state index contributed by atoms with van der Waals surface area (Å²) in [6.45, 7) is 4.67. The number of aliphatic hydroxyl groups excluding tert-OH is 2. The van der Waals surface area contributed by atoms with Crippen molar-refractivity contribution in [1.82, 2.24) is 29.5 Å². The number of H-pyrrole nitrogens is 1. The van der Waals surface area contributed by atoms with Gasteiger partial charge in [-0.2, -0.15) is 4.98 Å². The van der Waals surface area contributed by atoms with Gasteiger partial charge in [0.15, 0.2) is 5.65 Å². The van der Waals surface area contributed by atoms with Crippen LogP contribution in [-0.4, -0.2) is 73.1 Å². The minimum atomic E-state index is -0.430. The molecule has 0 amide bonds. The van der Waals surface area contributed by atoms with Crippen LogP contribution in [0.1, 0.15) is 25.6 Å². The lowest BCUT2D eigenvalue weighted by Crippen LogP contribution is -2.44. The molecule has 4 heterocycles. The topological polar surface area (TPSA) is 125 Å². The molecule has 1 saturated heterocycles. The second-order valence-corrected chi connectivity index (χ2v) is 8.68. The van der Waals surface area contributed by atoms with Crippen LogP contribution in [0.3, 0.4) is 0 Å². The zero-order valence-electron chi connectivity index (χ0n) is 19.4. The van der Waals surface area contributed by atoms with Crippen LogP contribution in [0.5, 0.6) is 0 Å². The third kappa shape index (κ3) is 4.11. The van der Waals surface area contributed by atoms with Gasteiger partial charge >= 0.3 is 0 Å². The van der Waals surface area contributed by atoms with Crippen molar-refractivity contribution in [3.05, 3.63) is 30.4 Å². The molecule has 1 aliphatic heterocycles. The number of nitrogens with zero attached hydrogens (tertiary/aromatic N) is 6. The summed E-state index contributed by atoms with van der Waals surface area (Å²) < 4.78 is 7.47.